The first kappa shape index (κ1) is 16.0. The molecule has 1 aromatic rings. The van der Waals surface area contributed by atoms with Gasteiger partial charge in [-0.05, 0) is 25.5 Å². The van der Waals surface area contributed by atoms with Crippen molar-refractivity contribution >= 4 is 0 Å². The minimum atomic E-state index is -0.536. The second-order valence-electron chi connectivity index (χ2n) is 6.24. The lowest BCUT2D eigenvalue weighted by Gasteiger charge is -2.36. The molecule has 1 N–H and O–H groups in total. The molecular formula is C16H27NO2. The Kier molecular flexibility index (Phi) is 5.39. The zero-order valence-corrected chi connectivity index (χ0v) is 13.0. The van der Waals surface area contributed by atoms with E-state index < -0.39 is 6.10 Å². The van der Waals surface area contributed by atoms with E-state index in [1.54, 1.807) is 7.11 Å². The Bertz CT molecular complexity index is 398. The van der Waals surface area contributed by atoms with E-state index in [0.717, 1.165) is 11.3 Å². The fraction of sp³-hybridized carbons (Fsp3) is 0.625. The van der Waals surface area contributed by atoms with Gasteiger partial charge in [0.15, 0.2) is 0 Å². The predicted molar refractivity (Wildman–Crippen MR) is 79.5 cm³/mol. The predicted octanol–water partition coefficient (Wildman–Crippen LogP) is 3.10. The SMILES string of the molecule is COc1ccccc1C(O)CN(C)C(C)C(C)(C)C. The maximum atomic E-state index is 10.4. The van der Waals surface area contributed by atoms with Gasteiger partial charge in [0.05, 0.1) is 13.2 Å². The Morgan fingerprint density at radius 2 is 1.84 bits per heavy atom. The second kappa shape index (κ2) is 6.40. The molecule has 108 valence electrons. The molecule has 2 unspecified atom stereocenters. The van der Waals surface area contributed by atoms with Crippen LogP contribution in [0.25, 0.3) is 0 Å². The fourth-order valence-corrected chi connectivity index (χ4v) is 2.13. The number of hydrogen-bond donors (Lipinski definition) is 1. The number of rotatable bonds is 5. The van der Waals surface area contributed by atoms with Gasteiger partial charge in [-0.15, -0.1) is 0 Å². The van der Waals surface area contributed by atoms with Gasteiger partial charge in [0, 0.05) is 18.2 Å². The van der Waals surface area contributed by atoms with Crippen molar-refractivity contribution in [3.63, 3.8) is 0 Å². The van der Waals surface area contributed by atoms with Gasteiger partial charge in [-0.25, -0.2) is 0 Å². The highest BCUT2D eigenvalue weighted by Gasteiger charge is 2.26. The van der Waals surface area contributed by atoms with Crippen molar-refractivity contribution in [3.05, 3.63) is 29.8 Å². The van der Waals surface area contributed by atoms with Gasteiger partial charge in [0.2, 0.25) is 0 Å². The van der Waals surface area contributed by atoms with Crippen molar-refractivity contribution in [1.29, 1.82) is 0 Å². The van der Waals surface area contributed by atoms with Crippen molar-refractivity contribution in [3.8, 4) is 5.75 Å². The molecule has 0 heterocycles. The fourth-order valence-electron chi connectivity index (χ4n) is 2.13. The van der Waals surface area contributed by atoms with Crippen LogP contribution in [0.1, 0.15) is 39.4 Å². The third-order valence-electron chi connectivity index (χ3n) is 3.87. The highest BCUT2D eigenvalue weighted by molar-refractivity contribution is 5.35. The average molecular weight is 265 g/mol. The molecule has 0 spiro atoms. The molecule has 19 heavy (non-hydrogen) atoms. The summed E-state index contributed by atoms with van der Waals surface area (Å²) in [4.78, 5) is 2.19. The van der Waals surface area contributed by atoms with E-state index in [-0.39, 0.29) is 5.41 Å². The van der Waals surface area contributed by atoms with Crippen LogP contribution >= 0.6 is 0 Å². The van der Waals surface area contributed by atoms with E-state index in [1.165, 1.54) is 0 Å². The summed E-state index contributed by atoms with van der Waals surface area (Å²) in [6, 6.07) is 8.02. The van der Waals surface area contributed by atoms with Crippen molar-refractivity contribution < 1.29 is 9.84 Å². The van der Waals surface area contributed by atoms with Crippen LogP contribution in [0.2, 0.25) is 0 Å². The van der Waals surface area contributed by atoms with Gasteiger partial charge in [0.25, 0.3) is 0 Å². The number of para-hydroxylation sites is 1. The standard InChI is InChI=1S/C16H27NO2/c1-12(16(2,3)4)17(5)11-14(18)13-9-7-8-10-15(13)19-6/h7-10,12,14,18H,11H2,1-6H3. The molecule has 1 aromatic carbocycles. The van der Waals surface area contributed by atoms with Crippen LogP contribution in [0.15, 0.2) is 24.3 Å². The van der Waals surface area contributed by atoms with Crippen LogP contribution < -0.4 is 4.74 Å². The molecule has 0 aromatic heterocycles. The number of ether oxygens (including phenoxy) is 1. The first-order valence-electron chi connectivity index (χ1n) is 6.78. The lowest BCUT2D eigenvalue weighted by atomic mass is 9.87. The van der Waals surface area contributed by atoms with Crippen LogP contribution in [-0.4, -0.2) is 36.8 Å². The number of aliphatic hydroxyl groups excluding tert-OH is 1. The average Bonchev–Trinajstić information content (AvgIpc) is 2.36. The summed E-state index contributed by atoms with van der Waals surface area (Å²) >= 11 is 0. The summed E-state index contributed by atoms with van der Waals surface area (Å²) < 4.78 is 5.30. The highest BCUT2D eigenvalue weighted by atomic mass is 16.5. The minimum Gasteiger partial charge on any atom is -0.496 e. The number of nitrogens with zero attached hydrogens (tertiary/aromatic N) is 1. The maximum absolute atomic E-state index is 10.4. The molecule has 0 saturated heterocycles. The van der Waals surface area contributed by atoms with Gasteiger partial charge >= 0.3 is 0 Å². The summed E-state index contributed by atoms with van der Waals surface area (Å²) in [5.41, 5.74) is 1.04. The molecule has 0 amide bonds. The first-order valence-corrected chi connectivity index (χ1v) is 6.78. The van der Waals surface area contributed by atoms with Crippen molar-refractivity contribution in [2.24, 2.45) is 5.41 Å². The van der Waals surface area contributed by atoms with Crippen LogP contribution in [-0.2, 0) is 0 Å². The van der Waals surface area contributed by atoms with Gasteiger partial charge in [0.1, 0.15) is 5.75 Å². The molecule has 0 fully saturated rings. The van der Waals surface area contributed by atoms with Gasteiger partial charge in [-0.1, -0.05) is 39.0 Å². The molecule has 0 aliphatic heterocycles. The third kappa shape index (κ3) is 4.22. The molecule has 0 aliphatic carbocycles. The molecular weight excluding hydrogens is 238 g/mol. The lowest BCUT2D eigenvalue weighted by Crippen LogP contribution is -2.41. The number of aliphatic hydroxyl groups is 1. The molecule has 3 heteroatoms. The van der Waals surface area contributed by atoms with Gasteiger partial charge in [-0.3, -0.25) is 0 Å². The van der Waals surface area contributed by atoms with Gasteiger partial charge in [-0.2, -0.15) is 0 Å². The first-order chi connectivity index (χ1) is 8.77. The zero-order valence-electron chi connectivity index (χ0n) is 13.0. The Hall–Kier alpha value is -1.06. The zero-order chi connectivity index (χ0) is 14.6. The van der Waals surface area contributed by atoms with Crippen molar-refractivity contribution in [1.82, 2.24) is 4.90 Å². The van der Waals surface area contributed by atoms with Crippen LogP contribution in [0.5, 0.6) is 5.75 Å². The van der Waals surface area contributed by atoms with E-state index in [2.05, 4.69) is 39.6 Å². The Balaban J connectivity index is 2.77. The highest BCUT2D eigenvalue weighted by Crippen LogP contribution is 2.28. The topological polar surface area (TPSA) is 32.7 Å². The largest absolute Gasteiger partial charge is 0.496 e. The van der Waals surface area contributed by atoms with E-state index in [4.69, 9.17) is 4.74 Å². The summed E-state index contributed by atoms with van der Waals surface area (Å²) in [6.07, 6.45) is -0.536. The van der Waals surface area contributed by atoms with Crippen LogP contribution in [0, 0.1) is 5.41 Å². The minimum absolute atomic E-state index is 0.190. The van der Waals surface area contributed by atoms with Crippen LogP contribution in [0.4, 0.5) is 0 Å². The van der Waals surface area contributed by atoms with E-state index >= 15 is 0 Å². The van der Waals surface area contributed by atoms with E-state index in [1.807, 2.05) is 24.3 Å². The summed E-state index contributed by atoms with van der Waals surface area (Å²) in [6.45, 7) is 9.42. The van der Waals surface area contributed by atoms with Crippen molar-refractivity contribution in [2.75, 3.05) is 20.7 Å². The number of likely N-dealkylation sites (N-methyl/N-ethyl adjacent to an activating group) is 1. The molecule has 2 atom stereocenters. The maximum Gasteiger partial charge on any atom is 0.124 e. The molecule has 1 rings (SSSR count). The van der Waals surface area contributed by atoms with Gasteiger partial charge < -0.3 is 14.7 Å². The van der Waals surface area contributed by atoms with E-state index in [9.17, 15) is 5.11 Å². The van der Waals surface area contributed by atoms with E-state index in [0.29, 0.717) is 12.6 Å². The third-order valence-corrected chi connectivity index (χ3v) is 3.87. The number of benzene rings is 1. The summed E-state index contributed by atoms with van der Waals surface area (Å²) in [5, 5.41) is 10.4. The summed E-state index contributed by atoms with van der Waals surface area (Å²) in [5.74, 6) is 0.742. The summed E-state index contributed by atoms with van der Waals surface area (Å²) in [7, 11) is 3.68. The van der Waals surface area contributed by atoms with Crippen molar-refractivity contribution in [2.45, 2.75) is 39.8 Å². The molecule has 0 bridgehead atoms. The smallest absolute Gasteiger partial charge is 0.124 e. The second-order valence-corrected chi connectivity index (χ2v) is 6.24. The Labute approximate surface area is 117 Å². The molecule has 0 aliphatic rings. The quantitative estimate of drug-likeness (QED) is 0.888. The monoisotopic (exact) mass is 265 g/mol. The number of hydrogen-bond acceptors (Lipinski definition) is 3. The molecule has 0 radical (unpaired) electrons. The normalized spacial score (nSPS) is 15.4. The number of methoxy groups -OCH3 is 1. The molecule has 0 saturated carbocycles. The van der Waals surface area contributed by atoms with Crippen LogP contribution in [0.3, 0.4) is 0 Å². The lowest BCUT2D eigenvalue weighted by molar-refractivity contribution is 0.0702. The molecule has 3 nitrogen and oxygen atoms in total. The Morgan fingerprint density at radius 3 is 2.37 bits per heavy atom. The Morgan fingerprint density at radius 1 is 1.26 bits per heavy atom.